The fourth-order valence-corrected chi connectivity index (χ4v) is 2.77. The molecule has 1 aliphatic heterocycles. The van der Waals surface area contributed by atoms with Gasteiger partial charge in [-0.25, -0.2) is 0 Å². The molecule has 1 aliphatic rings. The molecule has 1 N–H and O–H groups in total. The van der Waals surface area contributed by atoms with E-state index in [2.05, 4.69) is 19.2 Å². The molecule has 1 aromatic rings. The molecule has 25 heavy (non-hydrogen) atoms. The Kier molecular flexibility index (Phi) is 6.08. The molecule has 0 aromatic heterocycles. The standard InChI is InChI=1S/C18H23F3N2O2/c1-12(2)6-7-23-11-14(9-16(23)24)17(25)22-10-13-4-3-5-15(8-13)18(19,20)21/h3-5,8,12,14H,6-7,9-11H2,1-2H3,(H,22,25). The van der Waals surface area contributed by atoms with Crippen molar-refractivity contribution >= 4 is 11.8 Å². The average molecular weight is 356 g/mol. The van der Waals surface area contributed by atoms with Crippen LogP contribution in [0.15, 0.2) is 24.3 Å². The molecular weight excluding hydrogens is 333 g/mol. The maximum Gasteiger partial charge on any atom is 0.416 e. The third kappa shape index (κ3) is 5.47. The molecule has 0 radical (unpaired) electrons. The zero-order chi connectivity index (χ0) is 18.6. The normalized spacial score (nSPS) is 18.1. The van der Waals surface area contributed by atoms with Crippen molar-refractivity contribution in [2.45, 2.75) is 39.4 Å². The summed E-state index contributed by atoms with van der Waals surface area (Å²) in [7, 11) is 0. The van der Waals surface area contributed by atoms with Gasteiger partial charge in [-0.2, -0.15) is 13.2 Å². The SMILES string of the molecule is CC(C)CCN1CC(C(=O)NCc2cccc(C(F)(F)F)c2)CC1=O. The van der Waals surface area contributed by atoms with Crippen LogP contribution in [0.25, 0.3) is 0 Å². The third-order valence-electron chi connectivity index (χ3n) is 4.28. The highest BCUT2D eigenvalue weighted by Crippen LogP contribution is 2.29. The Balaban J connectivity index is 1.88. The van der Waals surface area contributed by atoms with E-state index >= 15 is 0 Å². The molecule has 0 bridgehead atoms. The number of rotatable bonds is 6. The van der Waals surface area contributed by atoms with Gasteiger partial charge in [0.25, 0.3) is 0 Å². The first-order valence-corrected chi connectivity index (χ1v) is 8.38. The lowest BCUT2D eigenvalue weighted by Gasteiger charge is -2.17. The van der Waals surface area contributed by atoms with Crippen molar-refractivity contribution in [2.24, 2.45) is 11.8 Å². The lowest BCUT2D eigenvalue weighted by Crippen LogP contribution is -2.33. The number of nitrogens with zero attached hydrogens (tertiary/aromatic N) is 1. The van der Waals surface area contributed by atoms with Crippen molar-refractivity contribution in [1.29, 1.82) is 0 Å². The number of nitrogens with one attached hydrogen (secondary N) is 1. The number of benzene rings is 1. The number of carbonyl (C=O) groups excluding carboxylic acids is 2. The van der Waals surface area contributed by atoms with Gasteiger partial charge in [-0.15, -0.1) is 0 Å². The molecule has 0 spiro atoms. The van der Waals surface area contributed by atoms with E-state index in [1.54, 1.807) is 4.90 Å². The van der Waals surface area contributed by atoms with Crippen LogP contribution < -0.4 is 5.32 Å². The first kappa shape index (κ1) is 19.3. The highest BCUT2D eigenvalue weighted by Gasteiger charge is 2.34. The molecule has 2 rings (SSSR count). The minimum atomic E-state index is -4.41. The van der Waals surface area contributed by atoms with E-state index in [1.807, 2.05) is 0 Å². The van der Waals surface area contributed by atoms with Gasteiger partial charge >= 0.3 is 6.18 Å². The van der Waals surface area contributed by atoms with Gasteiger partial charge in [-0.3, -0.25) is 9.59 Å². The van der Waals surface area contributed by atoms with E-state index < -0.39 is 17.7 Å². The van der Waals surface area contributed by atoms with Crippen LogP contribution in [0.5, 0.6) is 0 Å². The first-order valence-electron chi connectivity index (χ1n) is 8.38. The number of hydrogen-bond acceptors (Lipinski definition) is 2. The number of amides is 2. The second-order valence-corrected chi connectivity index (χ2v) is 6.84. The Bertz CT molecular complexity index is 629. The van der Waals surface area contributed by atoms with Crippen molar-refractivity contribution in [2.75, 3.05) is 13.1 Å². The lowest BCUT2D eigenvalue weighted by molar-refractivity contribution is -0.137. The van der Waals surface area contributed by atoms with Crippen molar-refractivity contribution in [3.05, 3.63) is 35.4 Å². The zero-order valence-electron chi connectivity index (χ0n) is 14.4. The van der Waals surface area contributed by atoms with E-state index in [0.717, 1.165) is 18.6 Å². The van der Waals surface area contributed by atoms with Crippen LogP contribution in [0, 0.1) is 11.8 Å². The number of carbonyl (C=O) groups is 2. The number of halogens is 3. The summed E-state index contributed by atoms with van der Waals surface area (Å²) in [5.74, 6) is -0.301. The van der Waals surface area contributed by atoms with Gasteiger partial charge in [0.1, 0.15) is 0 Å². The monoisotopic (exact) mass is 356 g/mol. The Labute approximate surface area is 145 Å². The highest BCUT2D eigenvalue weighted by molar-refractivity contribution is 5.89. The van der Waals surface area contributed by atoms with Gasteiger partial charge in [0, 0.05) is 26.1 Å². The summed E-state index contributed by atoms with van der Waals surface area (Å²) >= 11 is 0. The molecule has 2 amide bonds. The predicted molar refractivity (Wildman–Crippen MR) is 87.4 cm³/mol. The summed E-state index contributed by atoms with van der Waals surface area (Å²) in [6.45, 7) is 5.16. The van der Waals surface area contributed by atoms with Crippen molar-refractivity contribution in [3.63, 3.8) is 0 Å². The van der Waals surface area contributed by atoms with Crippen molar-refractivity contribution in [1.82, 2.24) is 10.2 Å². The van der Waals surface area contributed by atoms with Gasteiger partial charge in [-0.1, -0.05) is 26.0 Å². The average Bonchev–Trinajstić information content (AvgIpc) is 2.91. The van der Waals surface area contributed by atoms with E-state index in [4.69, 9.17) is 0 Å². The molecule has 1 unspecified atom stereocenters. The second kappa shape index (κ2) is 7.89. The summed E-state index contributed by atoms with van der Waals surface area (Å²) in [6, 6.07) is 4.86. The summed E-state index contributed by atoms with van der Waals surface area (Å²) in [5.41, 5.74) is -0.362. The fourth-order valence-electron chi connectivity index (χ4n) is 2.77. The highest BCUT2D eigenvalue weighted by atomic mass is 19.4. The molecule has 1 heterocycles. The second-order valence-electron chi connectivity index (χ2n) is 6.84. The fraction of sp³-hybridized carbons (Fsp3) is 0.556. The Morgan fingerprint density at radius 2 is 2.08 bits per heavy atom. The van der Waals surface area contributed by atoms with Crippen LogP contribution in [0.1, 0.15) is 37.8 Å². The maximum absolute atomic E-state index is 12.7. The minimum Gasteiger partial charge on any atom is -0.352 e. The largest absolute Gasteiger partial charge is 0.416 e. The summed E-state index contributed by atoms with van der Waals surface area (Å²) in [5, 5.41) is 2.64. The van der Waals surface area contributed by atoms with Gasteiger partial charge < -0.3 is 10.2 Å². The number of likely N-dealkylation sites (tertiary alicyclic amines) is 1. The van der Waals surface area contributed by atoms with Crippen molar-refractivity contribution in [3.8, 4) is 0 Å². The van der Waals surface area contributed by atoms with Crippen LogP contribution in [-0.2, 0) is 22.3 Å². The topological polar surface area (TPSA) is 49.4 Å². The smallest absolute Gasteiger partial charge is 0.352 e. The van der Waals surface area contributed by atoms with Crippen LogP contribution in [-0.4, -0.2) is 29.8 Å². The van der Waals surface area contributed by atoms with Crippen molar-refractivity contribution < 1.29 is 22.8 Å². The van der Waals surface area contributed by atoms with Gasteiger partial charge in [0.05, 0.1) is 11.5 Å². The number of alkyl halides is 3. The van der Waals surface area contributed by atoms with Gasteiger partial charge in [0.15, 0.2) is 0 Å². The molecule has 138 valence electrons. The molecule has 7 heteroatoms. The Morgan fingerprint density at radius 3 is 2.72 bits per heavy atom. The molecular formula is C18H23F3N2O2. The maximum atomic E-state index is 12.7. The minimum absolute atomic E-state index is 0.0133. The summed E-state index contributed by atoms with van der Waals surface area (Å²) in [4.78, 5) is 25.9. The van der Waals surface area contributed by atoms with Crippen LogP contribution in [0.4, 0.5) is 13.2 Å². The molecule has 4 nitrogen and oxygen atoms in total. The van der Waals surface area contributed by atoms with E-state index in [-0.39, 0.29) is 24.8 Å². The van der Waals surface area contributed by atoms with Gasteiger partial charge in [-0.05, 0) is 30.0 Å². The molecule has 0 saturated carbocycles. The third-order valence-corrected chi connectivity index (χ3v) is 4.28. The van der Waals surface area contributed by atoms with Crippen LogP contribution >= 0.6 is 0 Å². The Morgan fingerprint density at radius 1 is 1.36 bits per heavy atom. The Hall–Kier alpha value is -2.05. The van der Waals surface area contributed by atoms with Crippen LogP contribution in [0.3, 0.4) is 0 Å². The zero-order valence-corrected chi connectivity index (χ0v) is 14.4. The van der Waals surface area contributed by atoms with E-state index in [9.17, 15) is 22.8 Å². The van der Waals surface area contributed by atoms with Gasteiger partial charge in [0.2, 0.25) is 11.8 Å². The van der Waals surface area contributed by atoms with Crippen LogP contribution in [0.2, 0.25) is 0 Å². The van der Waals surface area contributed by atoms with E-state index in [0.29, 0.717) is 24.6 Å². The molecule has 1 fully saturated rings. The molecule has 1 atom stereocenters. The lowest BCUT2D eigenvalue weighted by atomic mass is 10.1. The first-order chi connectivity index (χ1) is 11.7. The quantitative estimate of drug-likeness (QED) is 0.851. The predicted octanol–water partition coefficient (Wildman–Crippen LogP) is 3.22. The summed E-state index contributed by atoms with van der Waals surface area (Å²) in [6.07, 6.45) is -3.37. The summed E-state index contributed by atoms with van der Waals surface area (Å²) < 4.78 is 38.1. The molecule has 0 aliphatic carbocycles. The number of hydrogen-bond donors (Lipinski definition) is 1. The molecule has 1 aromatic carbocycles. The van der Waals surface area contributed by atoms with E-state index in [1.165, 1.54) is 12.1 Å². The molecule has 1 saturated heterocycles.